The molecule has 0 spiro atoms. The fourth-order valence-electron chi connectivity index (χ4n) is 5.24. The average Bonchev–Trinajstić information content (AvgIpc) is 3.11. The number of halogens is 2. The minimum atomic E-state index is -0.816. The molecule has 5 rings (SSSR count). The van der Waals surface area contributed by atoms with Crippen molar-refractivity contribution >= 4 is 23.5 Å². The van der Waals surface area contributed by atoms with Crippen LogP contribution in [0.4, 0.5) is 8.78 Å². The predicted molar refractivity (Wildman–Crippen MR) is 145 cm³/mol. The zero-order chi connectivity index (χ0) is 28.4. The van der Waals surface area contributed by atoms with Crippen LogP contribution >= 0.6 is 0 Å². The van der Waals surface area contributed by atoms with E-state index in [-0.39, 0.29) is 30.1 Å². The molecule has 1 aromatic carbocycles. The van der Waals surface area contributed by atoms with Crippen LogP contribution in [0.5, 0.6) is 0 Å². The van der Waals surface area contributed by atoms with Gasteiger partial charge in [0.15, 0.2) is 17.3 Å². The Morgan fingerprint density at radius 2 is 1.85 bits per heavy atom. The Kier molecular flexibility index (Phi) is 11.1. The number of hydrogen-bond acceptors (Lipinski definition) is 6. The van der Waals surface area contributed by atoms with E-state index in [1.807, 2.05) is 17.0 Å². The lowest BCUT2D eigenvalue weighted by Crippen LogP contribution is -2.36. The van der Waals surface area contributed by atoms with Crippen LogP contribution in [-0.2, 0) is 9.59 Å². The molecule has 2 aromatic heterocycles. The van der Waals surface area contributed by atoms with Gasteiger partial charge in [-0.25, -0.2) is 18.6 Å². The first-order valence-corrected chi connectivity index (χ1v) is 13.1. The maximum atomic E-state index is 13.8. The first-order chi connectivity index (χ1) is 18.9. The van der Waals surface area contributed by atoms with Gasteiger partial charge in [-0.15, -0.1) is 0 Å². The van der Waals surface area contributed by atoms with Crippen LogP contribution in [0.25, 0.3) is 11.2 Å². The molecule has 0 aliphatic carbocycles. The number of carbonyl (C=O) groups is 2. The molecule has 2 aliphatic heterocycles. The van der Waals surface area contributed by atoms with Crippen molar-refractivity contribution in [1.29, 1.82) is 0 Å². The van der Waals surface area contributed by atoms with Gasteiger partial charge in [0.1, 0.15) is 0 Å². The lowest BCUT2D eigenvalue weighted by atomic mass is 9.93. The Morgan fingerprint density at radius 1 is 1.10 bits per heavy atom. The molecule has 0 radical (unpaired) electrons. The number of piperidine rings is 1. The number of hydrogen-bond donors (Lipinski definition) is 3. The van der Waals surface area contributed by atoms with Crippen LogP contribution in [-0.4, -0.2) is 76.4 Å². The third-order valence-corrected chi connectivity index (χ3v) is 7.06. The summed E-state index contributed by atoms with van der Waals surface area (Å²) >= 11 is 0. The molecular weight excluding hydrogens is 508 g/mol. The summed E-state index contributed by atoms with van der Waals surface area (Å²) in [7, 11) is 1.50. The SMILES string of the molecule is CN.NC(=O)CN1CCCCC(c2cccc(F)c2F)C1.O=CN1CCC(n2c(=O)[nH]c3ncccc32)CC1. The summed E-state index contributed by atoms with van der Waals surface area (Å²) in [4.78, 5) is 44.2. The molecule has 10 nitrogen and oxygen atoms in total. The lowest BCUT2D eigenvalue weighted by molar-refractivity contribution is -0.120. The standard InChI is InChI=1S/C14H18F2N2O.C12H14N4O2.CH5N/c15-12-6-3-5-11(14(12)16)10-4-1-2-7-18(8-10)9-13(17)19;17-8-15-6-3-9(4-7-15)16-10-2-1-5-13-11(10)14-12(16)18;1-2/h3,5-6,10H,1-2,4,7-9H2,(H2,17,19);1-2,5,8-9H,3-4,6-7H2,(H,13,14,18);2H2,1H3. The second kappa shape index (κ2) is 14.5. The Labute approximate surface area is 226 Å². The number of likely N-dealkylation sites (tertiary alicyclic amines) is 2. The van der Waals surface area contributed by atoms with E-state index in [2.05, 4.69) is 15.7 Å². The average molecular weight is 546 g/mol. The molecule has 2 saturated heterocycles. The highest BCUT2D eigenvalue weighted by Crippen LogP contribution is 2.29. The second-order valence-electron chi connectivity index (χ2n) is 9.58. The number of nitrogens with two attached hydrogens (primary N) is 2. The maximum absolute atomic E-state index is 13.8. The van der Waals surface area contributed by atoms with Gasteiger partial charge < -0.3 is 16.4 Å². The van der Waals surface area contributed by atoms with Gasteiger partial charge in [-0.1, -0.05) is 18.6 Å². The summed E-state index contributed by atoms with van der Waals surface area (Å²) in [5.41, 5.74) is 11.4. The molecule has 2 fully saturated rings. The Hall–Kier alpha value is -3.64. The topological polar surface area (TPSA) is 143 Å². The van der Waals surface area contributed by atoms with Crippen molar-refractivity contribution in [2.75, 3.05) is 39.8 Å². The van der Waals surface area contributed by atoms with Crippen LogP contribution < -0.4 is 17.2 Å². The number of carbonyl (C=O) groups excluding carboxylic acids is 2. The van der Waals surface area contributed by atoms with Crippen LogP contribution in [0.2, 0.25) is 0 Å². The van der Waals surface area contributed by atoms with Gasteiger partial charge in [-0.05, 0) is 69.0 Å². The van der Waals surface area contributed by atoms with E-state index in [0.717, 1.165) is 56.6 Å². The number of primary amides is 1. The molecular formula is C27H37F2N7O3. The minimum absolute atomic E-state index is 0.0856. The molecule has 0 saturated carbocycles. The van der Waals surface area contributed by atoms with E-state index in [1.54, 1.807) is 21.7 Å². The third kappa shape index (κ3) is 7.70. The van der Waals surface area contributed by atoms with Crippen molar-refractivity contribution in [3.63, 3.8) is 0 Å². The maximum Gasteiger partial charge on any atom is 0.327 e. The molecule has 1 atom stereocenters. The number of H-pyrrole nitrogens is 1. The highest BCUT2D eigenvalue weighted by molar-refractivity contribution is 5.75. The van der Waals surface area contributed by atoms with E-state index in [1.165, 1.54) is 13.1 Å². The van der Waals surface area contributed by atoms with Crippen molar-refractivity contribution in [3.8, 4) is 0 Å². The number of benzene rings is 1. The number of aromatic amines is 1. The van der Waals surface area contributed by atoms with Gasteiger partial charge in [0.2, 0.25) is 12.3 Å². The first kappa shape index (κ1) is 29.9. The fourth-order valence-corrected chi connectivity index (χ4v) is 5.24. The van der Waals surface area contributed by atoms with Gasteiger partial charge >= 0.3 is 5.69 Å². The van der Waals surface area contributed by atoms with E-state index in [4.69, 9.17) is 5.73 Å². The van der Waals surface area contributed by atoms with E-state index < -0.39 is 11.6 Å². The van der Waals surface area contributed by atoms with Crippen LogP contribution in [0.1, 0.15) is 49.6 Å². The quantitative estimate of drug-likeness (QED) is 0.419. The third-order valence-electron chi connectivity index (χ3n) is 7.06. The number of nitrogens with zero attached hydrogens (tertiary/aromatic N) is 4. The van der Waals surface area contributed by atoms with E-state index in [0.29, 0.717) is 30.8 Å². The first-order valence-electron chi connectivity index (χ1n) is 13.1. The molecule has 12 heteroatoms. The molecule has 212 valence electrons. The predicted octanol–water partition coefficient (Wildman–Crippen LogP) is 2.11. The normalized spacial score (nSPS) is 18.4. The zero-order valence-corrected chi connectivity index (χ0v) is 22.2. The monoisotopic (exact) mass is 545 g/mol. The number of fused-ring (bicyclic) bond motifs is 1. The molecule has 4 heterocycles. The highest BCUT2D eigenvalue weighted by atomic mass is 19.2. The van der Waals surface area contributed by atoms with Gasteiger partial charge in [0.05, 0.1) is 12.1 Å². The summed E-state index contributed by atoms with van der Waals surface area (Å²) in [6.07, 6.45) is 6.83. The number of aromatic nitrogens is 3. The van der Waals surface area contributed by atoms with Gasteiger partial charge in [0.25, 0.3) is 0 Å². The second-order valence-corrected chi connectivity index (χ2v) is 9.58. The number of amides is 2. The molecule has 2 amide bonds. The molecule has 0 bridgehead atoms. The van der Waals surface area contributed by atoms with Crippen LogP contribution in [0, 0.1) is 11.6 Å². The molecule has 39 heavy (non-hydrogen) atoms. The van der Waals surface area contributed by atoms with Crippen molar-refractivity contribution in [2.24, 2.45) is 11.5 Å². The van der Waals surface area contributed by atoms with Crippen molar-refractivity contribution in [3.05, 3.63) is 64.2 Å². The molecule has 3 aromatic rings. The van der Waals surface area contributed by atoms with Gasteiger partial charge in [-0.2, -0.15) is 0 Å². The number of rotatable bonds is 5. The zero-order valence-electron chi connectivity index (χ0n) is 22.2. The minimum Gasteiger partial charge on any atom is -0.369 e. The van der Waals surface area contributed by atoms with Gasteiger partial charge in [-0.3, -0.25) is 24.0 Å². The molecule has 5 N–H and O–H groups in total. The summed E-state index contributed by atoms with van der Waals surface area (Å²) in [6, 6.07) is 8.13. The fraction of sp³-hybridized carbons (Fsp3) is 0.481. The largest absolute Gasteiger partial charge is 0.369 e. The van der Waals surface area contributed by atoms with Crippen LogP contribution in [0.3, 0.4) is 0 Å². The van der Waals surface area contributed by atoms with Crippen LogP contribution in [0.15, 0.2) is 41.3 Å². The smallest absolute Gasteiger partial charge is 0.327 e. The number of imidazole rings is 1. The van der Waals surface area contributed by atoms with Crippen molar-refractivity contribution < 1.29 is 18.4 Å². The Morgan fingerprint density at radius 3 is 2.54 bits per heavy atom. The van der Waals surface area contributed by atoms with Crippen molar-refractivity contribution in [1.82, 2.24) is 24.3 Å². The summed E-state index contributed by atoms with van der Waals surface area (Å²) in [6.45, 7) is 2.90. The van der Waals surface area contributed by atoms with Crippen molar-refractivity contribution in [2.45, 2.75) is 44.1 Å². The number of pyridine rings is 1. The Bertz CT molecular complexity index is 1290. The summed E-state index contributed by atoms with van der Waals surface area (Å²) < 4.78 is 28.9. The summed E-state index contributed by atoms with van der Waals surface area (Å²) in [5, 5.41) is 0. The summed E-state index contributed by atoms with van der Waals surface area (Å²) in [5.74, 6) is -2.06. The highest BCUT2D eigenvalue weighted by Gasteiger charge is 2.24. The lowest BCUT2D eigenvalue weighted by Gasteiger charge is -2.29. The van der Waals surface area contributed by atoms with Gasteiger partial charge in [0, 0.05) is 31.9 Å². The van der Waals surface area contributed by atoms with E-state index in [9.17, 15) is 23.2 Å². The van der Waals surface area contributed by atoms with E-state index >= 15 is 0 Å². The number of nitrogens with one attached hydrogen (secondary N) is 1. The Balaban J connectivity index is 0.000000203. The molecule has 2 aliphatic rings. The molecule has 1 unspecified atom stereocenters.